The van der Waals surface area contributed by atoms with Crippen LogP contribution in [-0.2, 0) is 52.2 Å². The van der Waals surface area contributed by atoms with Crippen molar-refractivity contribution in [1.82, 2.24) is 10.6 Å². The van der Waals surface area contributed by atoms with Crippen molar-refractivity contribution in [3.8, 4) is 0 Å². The molecule has 0 aromatic rings. The van der Waals surface area contributed by atoms with Crippen LogP contribution in [0.3, 0.4) is 0 Å². The Morgan fingerprint density at radius 1 is 0.459 bits per heavy atom. The molecule has 5 aliphatic rings. The third-order valence-electron chi connectivity index (χ3n) is 11.0. The monoisotopic (exact) mass is 894 g/mol. The highest BCUT2D eigenvalue weighted by Crippen LogP contribution is 2.31. The van der Waals surface area contributed by atoms with E-state index in [1.54, 1.807) is 0 Å². The number of aliphatic hydroxyl groups is 14. The van der Waals surface area contributed by atoms with E-state index in [1.807, 2.05) is 0 Å². The van der Waals surface area contributed by atoms with Crippen LogP contribution in [0.1, 0.15) is 20.8 Å². The largest absolute Gasteiger partial charge is 0.394 e. The molecule has 0 radical (unpaired) electrons. The summed E-state index contributed by atoms with van der Waals surface area (Å²) in [6, 6.07) is -3.01. The first-order valence-corrected chi connectivity index (χ1v) is 19.4. The lowest BCUT2D eigenvalue weighted by Crippen LogP contribution is -2.68. The lowest BCUT2D eigenvalue weighted by molar-refractivity contribution is -0.351. The molecule has 0 aromatic carbocycles. The fourth-order valence-electron chi connectivity index (χ4n) is 7.47. The van der Waals surface area contributed by atoms with E-state index in [2.05, 4.69) is 10.6 Å². The zero-order valence-corrected chi connectivity index (χ0v) is 33.0. The second-order valence-corrected chi connectivity index (χ2v) is 15.5. The Labute approximate surface area is 346 Å². The predicted octanol–water partition coefficient (Wildman–Crippen LogP) is -10.6. The van der Waals surface area contributed by atoms with Crippen LogP contribution in [0.2, 0.25) is 0 Å². The van der Waals surface area contributed by atoms with E-state index in [9.17, 15) is 81.1 Å². The lowest BCUT2D eigenvalue weighted by atomic mass is 9.95. The van der Waals surface area contributed by atoms with Crippen molar-refractivity contribution in [2.24, 2.45) is 0 Å². The van der Waals surface area contributed by atoms with E-state index in [0.717, 1.165) is 13.8 Å². The van der Waals surface area contributed by atoms with Gasteiger partial charge in [0.2, 0.25) is 11.8 Å². The Balaban J connectivity index is 1.24. The molecule has 0 aliphatic carbocycles. The fourth-order valence-corrected chi connectivity index (χ4v) is 7.47. The van der Waals surface area contributed by atoms with E-state index in [4.69, 9.17) is 42.6 Å². The molecule has 27 nitrogen and oxygen atoms in total. The van der Waals surface area contributed by atoms with Gasteiger partial charge in [-0.2, -0.15) is 0 Å². The molecule has 5 saturated heterocycles. The number of nitrogens with one attached hydrogen (secondary N) is 2. The Morgan fingerprint density at radius 2 is 0.869 bits per heavy atom. The number of amides is 2. The van der Waals surface area contributed by atoms with Gasteiger partial charge < -0.3 is 125 Å². The molecule has 61 heavy (non-hydrogen) atoms. The number of ether oxygens (including phenoxy) is 9. The SMILES string of the molecule is CC(=O)N[C@@H]1[C@@H](O[C@@H]2O[C@H](CO[C@@H]3O[C@H](CO[C@@H]4O[C@H](CO[C@@H]5O[C@H](C)[C@@H](O)[C@H](O)[C@H]5O)[C@H](O)[C@H](O)[C@H]4O)[C@@H](O)[C@H](O)[C@H]3NC(C)=O)[C@H](O)[C@H](O)[C@H]2O)[C@H](O)[C@@H](CO)O[C@H]1O. The van der Waals surface area contributed by atoms with Gasteiger partial charge in [0.05, 0.1) is 32.5 Å². The Hall–Kier alpha value is -1.98. The first-order valence-electron chi connectivity index (χ1n) is 19.4. The maximum absolute atomic E-state index is 12.1. The Kier molecular flexibility index (Phi) is 17.5. The van der Waals surface area contributed by atoms with E-state index >= 15 is 0 Å². The van der Waals surface area contributed by atoms with Gasteiger partial charge in [0.1, 0.15) is 116 Å². The van der Waals surface area contributed by atoms with Gasteiger partial charge in [-0.15, -0.1) is 0 Å². The predicted molar refractivity (Wildman–Crippen MR) is 188 cm³/mol. The number of aliphatic hydroxyl groups excluding tert-OH is 14. The number of carbonyl (C=O) groups excluding carboxylic acids is 2. The standard InChI is InChI=1S/C34H58N2O25/c1-8-17(40)23(46)26(49)32(56-8)54-7-13-19(42)24(47)27(50)33(59-13)55-6-12-18(41)22(45)15(35-9(2)38)31(58-12)53-5-14-20(43)25(48)28(51)34(60-14)61-29-16(36-10(3)39)30(52)57-11(4-37)21(29)44/h8,11-34,37,40-52H,4-7H2,1-3H3,(H,35,38)(H,36,39)/t8-,11-,12-,13-,14-,15-,16-,17-,18-,19+,20+,21-,22-,23+,24+,25+,26-,27-,28-,29-,30-,31-,32-,33-,34+/m1/s1. The molecule has 0 spiro atoms. The average molecular weight is 895 g/mol. The third-order valence-corrected chi connectivity index (χ3v) is 11.0. The van der Waals surface area contributed by atoms with Crippen LogP contribution in [0.25, 0.3) is 0 Å². The fraction of sp³-hybridized carbons (Fsp3) is 0.941. The summed E-state index contributed by atoms with van der Waals surface area (Å²) < 4.78 is 50.1. The minimum absolute atomic E-state index is 0.610. The van der Waals surface area contributed by atoms with Crippen LogP contribution in [0, 0.1) is 0 Å². The summed E-state index contributed by atoms with van der Waals surface area (Å²) in [7, 11) is 0. The average Bonchev–Trinajstić information content (AvgIpc) is 3.21. The summed E-state index contributed by atoms with van der Waals surface area (Å²) in [5, 5.41) is 152. The van der Waals surface area contributed by atoms with Crippen molar-refractivity contribution in [2.75, 3.05) is 26.4 Å². The van der Waals surface area contributed by atoms with Crippen LogP contribution in [0.5, 0.6) is 0 Å². The lowest BCUT2D eigenvalue weighted by Gasteiger charge is -2.47. The summed E-state index contributed by atoms with van der Waals surface area (Å²) in [4.78, 5) is 24.0. The minimum Gasteiger partial charge on any atom is -0.394 e. The molecule has 5 rings (SSSR count). The van der Waals surface area contributed by atoms with E-state index in [0.29, 0.717) is 0 Å². The zero-order chi connectivity index (χ0) is 45.2. The highest BCUT2D eigenvalue weighted by Gasteiger charge is 2.53. The van der Waals surface area contributed by atoms with Gasteiger partial charge in [-0.3, -0.25) is 9.59 Å². The third kappa shape index (κ3) is 11.3. The summed E-state index contributed by atoms with van der Waals surface area (Å²) in [5.74, 6) is -1.42. The first-order chi connectivity index (χ1) is 28.7. The quantitative estimate of drug-likeness (QED) is 0.0770. The van der Waals surface area contributed by atoms with Gasteiger partial charge in [0, 0.05) is 13.8 Å². The molecule has 25 atom stereocenters. The second-order valence-electron chi connectivity index (χ2n) is 15.5. The van der Waals surface area contributed by atoms with Crippen LogP contribution < -0.4 is 10.6 Å². The maximum Gasteiger partial charge on any atom is 0.217 e. The Morgan fingerprint density at radius 3 is 1.38 bits per heavy atom. The zero-order valence-electron chi connectivity index (χ0n) is 33.0. The van der Waals surface area contributed by atoms with Crippen LogP contribution in [0.4, 0.5) is 0 Å². The number of carbonyl (C=O) groups is 2. The first kappa shape index (κ1) is 50.0. The van der Waals surface area contributed by atoms with Crippen molar-refractivity contribution in [2.45, 2.75) is 174 Å². The van der Waals surface area contributed by atoms with Gasteiger partial charge in [-0.1, -0.05) is 0 Å². The number of rotatable bonds is 14. The molecule has 0 aromatic heterocycles. The highest BCUT2D eigenvalue weighted by atomic mass is 16.8. The Bertz CT molecular complexity index is 1420. The molecule has 27 heteroatoms. The molecule has 354 valence electrons. The maximum atomic E-state index is 12.1. The van der Waals surface area contributed by atoms with Crippen molar-refractivity contribution in [1.29, 1.82) is 0 Å². The molecule has 5 aliphatic heterocycles. The van der Waals surface area contributed by atoms with Gasteiger partial charge >= 0.3 is 0 Å². The second kappa shape index (κ2) is 21.3. The number of hydrogen-bond donors (Lipinski definition) is 16. The summed E-state index contributed by atoms with van der Waals surface area (Å²) >= 11 is 0. The van der Waals surface area contributed by atoms with Crippen LogP contribution in [-0.4, -0.2) is 263 Å². The van der Waals surface area contributed by atoms with Gasteiger partial charge in [0.15, 0.2) is 31.5 Å². The topological polar surface area (TPSA) is 424 Å². The summed E-state index contributed by atoms with van der Waals surface area (Å²) in [6.07, 6.45) is -39.2. The van der Waals surface area contributed by atoms with Crippen LogP contribution in [0.15, 0.2) is 0 Å². The minimum atomic E-state index is -2.01. The van der Waals surface area contributed by atoms with Gasteiger partial charge in [0.25, 0.3) is 0 Å². The molecule has 0 bridgehead atoms. The van der Waals surface area contributed by atoms with E-state index < -0.39 is 192 Å². The normalized spacial score (nSPS) is 49.6. The molecular weight excluding hydrogens is 836 g/mol. The van der Waals surface area contributed by atoms with Crippen molar-refractivity contribution < 1.29 is 124 Å². The molecule has 5 heterocycles. The van der Waals surface area contributed by atoms with Crippen LogP contribution >= 0.6 is 0 Å². The van der Waals surface area contributed by atoms with E-state index in [1.165, 1.54) is 6.92 Å². The summed E-state index contributed by atoms with van der Waals surface area (Å²) in [6.45, 7) is 0.645. The van der Waals surface area contributed by atoms with Gasteiger partial charge in [-0.25, -0.2) is 0 Å². The molecule has 16 N–H and O–H groups in total. The number of hydrogen-bond acceptors (Lipinski definition) is 25. The van der Waals surface area contributed by atoms with Crippen molar-refractivity contribution in [3.63, 3.8) is 0 Å². The summed E-state index contributed by atoms with van der Waals surface area (Å²) in [5.41, 5.74) is 0. The van der Waals surface area contributed by atoms with Crippen molar-refractivity contribution >= 4 is 11.8 Å². The smallest absolute Gasteiger partial charge is 0.217 e. The van der Waals surface area contributed by atoms with Crippen molar-refractivity contribution in [3.05, 3.63) is 0 Å². The van der Waals surface area contributed by atoms with Gasteiger partial charge in [-0.05, 0) is 6.92 Å². The molecule has 2 amide bonds. The molecular formula is C34H58N2O25. The molecule has 0 saturated carbocycles. The van der Waals surface area contributed by atoms with E-state index in [-0.39, 0.29) is 0 Å². The molecule has 5 fully saturated rings. The highest BCUT2D eigenvalue weighted by molar-refractivity contribution is 5.73. The molecule has 0 unspecified atom stereocenters.